The van der Waals surface area contributed by atoms with E-state index in [1.54, 1.807) is 25.1 Å². The molecule has 19 heavy (non-hydrogen) atoms. The van der Waals surface area contributed by atoms with E-state index in [1.807, 2.05) is 18.2 Å². The molecule has 1 atom stereocenters. The first kappa shape index (κ1) is 13.8. The number of hydrogen-bond donors (Lipinski definition) is 0. The summed E-state index contributed by atoms with van der Waals surface area (Å²) < 4.78 is 13.3. The van der Waals surface area contributed by atoms with Gasteiger partial charge in [-0.1, -0.05) is 35.9 Å². The third-order valence-corrected chi connectivity index (χ3v) is 3.44. The first-order valence-corrected chi connectivity index (χ1v) is 6.38. The molecule has 1 unspecified atom stereocenters. The van der Waals surface area contributed by atoms with Crippen molar-refractivity contribution in [3.8, 4) is 0 Å². The van der Waals surface area contributed by atoms with Gasteiger partial charge in [0.25, 0.3) is 0 Å². The Labute approximate surface area is 117 Å². The van der Waals surface area contributed by atoms with E-state index in [2.05, 4.69) is 0 Å². The fraction of sp³-hybridized carbons (Fsp3) is 0.188. The van der Waals surface area contributed by atoms with Gasteiger partial charge in [-0.2, -0.15) is 0 Å². The Morgan fingerprint density at radius 1 is 1.21 bits per heavy atom. The number of carbonyl (C=O) groups excluding carboxylic acids is 1. The van der Waals surface area contributed by atoms with Crippen molar-refractivity contribution >= 4 is 17.9 Å². The van der Waals surface area contributed by atoms with Crippen molar-refractivity contribution in [1.29, 1.82) is 0 Å². The van der Waals surface area contributed by atoms with Crippen LogP contribution in [0.5, 0.6) is 0 Å². The number of aldehydes is 1. The third-order valence-electron chi connectivity index (χ3n) is 3.20. The zero-order valence-corrected chi connectivity index (χ0v) is 11.3. The molecule has 0 N–H and O–H groups in total. The van der Waals surface area contributed by atoms with Crippen molar-refractivity contribution < 1.29 is 9.18 Å². The molecule has 0 aromatic heterocycles. The molecule has 2 aromatic rings. The average Bonchev–Trinajstić information content (AvgIpc) is 2.38. The van der Waals surface area contributed by atoms with Gasteiger partial charge in [-0.3, -0.25) is 0 Å². The second-order valence-electron chi connectivity index (χ2n) is 4.85. The number of benzene rings is 2. The number of hydrogen-bond acceptors (Lipinski definition) is 1. The van der Waals surface area contributed by atoms with Crippen LogP contribution in [-0.2, 0) is 16.6 Å². The van der Waals surface area contributed by atoms with Gasteiger partial charge in [-0.05, 0) is 48.7 Å². The molecule has 2 rings (SSSR count). The summed E-state index contributed by atoms with van der Waals surface area (Å²) in [7, 11) is 0. The van der Waals surface area contributed by atoms with Crippen LogP contribution in [0.1, 0.15) is 18.1 Å². The maximum absolute atomic E-state index is 13.3. The Morgan fingerprint density at radius 3 is 2.58 bits per heavy atom. The quantitative estimate of drug-likeness (QED) is 0.766. The lowest BCUT2D eigenvalue weighted by molar-refractivity contribution is -0.112. The van der Waals surface area contributed by atoms with Gasteiger partial charge >= 0.3 is 0 Å². The van der Waals surface area contributed by atoms with E-state index >= 15 is 0 Å². The topological polar surface area (TPSA) is 17.1 Å². The molecule has 3 heteroatoms. The fourth-order valence-electron chi connectivity index (χ4n) is 2.13. The Hall–Kier alpha value is -1.67. The Balaban J connectivity index is 2.35. The van der Waals surface area contributed by atoms with Crippen LogP contribution < -0.4 is 0 Å². The van der Waals surface area contributed by atoms with E-state index in [1.165, 1.54) is 12.1 Å². The van der Waals surface area contributed by atoms with Crippen molar-refractivity contribution in [3.63, 3.8) is 0 Å². The van der Waals surface area contributed by atoms with Gasteiger partial charge in [0.1, 0.15) is 12.1 Å². The highest BCUT2D eigenvalue weighted by atomic mass is 35.5. The van der Waals surface area contributed by atoms with Crippen molar-refractivity contribution in [2.24, 2.45) is 0 Å². The molecule has 98 valence electrons. The van der Waals surface area contributed by atoms with Crippen LogP contribution in [0.4, 0.5) is 4.39 Å². The summed E-state index contributed by atoms with van der Waals surface area (Å²) in [6.07, 6.45) is 1.35. The van der Waals surface area contributed by atoms with Gasteiger partial charge < -0.3 is 4.79 Å². The molecule has 0 heterocycles. The van der Waals surface area contributed by atoms with Gasteiger partial charge in [0.15, 0.2) is 0 Å². The fourth-order valence-corrected chi connectivity index (χ4v) is 2.34. The van der Waals surface area contributed by atoms with Gasteiger partial charge in [0.2, 0.25) is 0 Å². The smallest absolute Gasteiger partial charge is 0.130 e. The minimum atomic E-state index is -0.757. The van der Waals surface area contributed by atoms with Crippen LogP contribution in [0.2, 0.25) is 5.02 Å². The molecule has 1 nitrogen and oxygen atoms in total. The molecule has 0 aliphatic rings. The zero-order valence-electron chi connectivity index (χ0n) is 10.6. The standard InChI is InChI=1S/C16H14ClFO/c1-16(11-19,13-5-3-7-15(18)9-13)10-12-4-2-6-14(17)8-12/h2-9,11H,10H2,1H3. The molecule has 0 amide bonds. The Kier molecular flexibility index (Phi) is 4.01. The van der Waals surface area contributed by atoms with Crippen LogP contribution in [0.3, 0.4) is 0 Å². The maximum Gasteiger partial charge on any atom is 0.130 e. The van der Waals surface area contributed by atoms with Crippen molar-refractivity contribution in [3.05, 3.63) is 70.5 Å². The van der Waals surface area contributed by atoms with E-state index in [0.29, 0.717) is 17.0 Å². The molecule has 0 aliphatic carbocycles. The van der Waals surface area contributed by atoms with E-state index in [9.17, 15) is 9.18 Å². The lowest BCUT2D eigenvalue weighted by atomic mass is 9.78. The summed E-state index contributed by atoms with van der Waals surface area (Å²) in [6, 6.07) is 13.5. The lowest BCUT2D eigenvalue weighted by Gasteiger charge is -2.24. The molecule has 0 radical (unpaired) electrons. The number of halogens is 2. The van der Waals surface area contributed by atoms with Gasteiger partial charge in [0, 0.05) is 5.02 Å². The van der Waals surface area contributed by atoms with E-state index < -0.39 is 5.41 Å². The Morgan fingerprint density at radius 2 is 1.95 bits per heavy atom. The highest BCUT2D eigenvalue weighted by molar-refractivity contribution is 6.30. The molecule has 2 aromatic carbocycles. The molecule has 0 saturated heterocycles. The first-order valence-electron chi connectivity index (χ1n) is 6.00. The normalized spacial score (nSPS) is 13.8. The van der Waals surface area contributed by atoms with Crippen molar-refractivity contribution in [2.75, 3.05) is 0 Å². The van der Waals surface area contributed by atoms with Crippen LogP contribution in [-0.4, -0.2) is 6.29 Å². The second-order valence-corrected chi connectivity index (χ2v) is 5.29. The lowest BCUT2D eigenvalue weighted by Crippen LogP contribution is -2.27. The molecule has 0 bridgehead atoms. The number of rotatable bonds is 4. The molecular weight excluding hydrogens is 263 g/mol. The van der Waals surface area contributed by atoms with Crippen LogP contribution >= 0.6 is 11.6 Å². The van der Waals surface area contributed by atoms with E-state index in [0.717, 1.165) is 11.8 Å². The summed E-state index contributed by atoms with van der Waals surface area (Å²) >= 11 is 5.94. The molecule has 0 aliphatic heterocycles. The molecule has 0 fully saturated rings. The minimum Gasteiger partial charge on any atom is -0.302 e. The summed E-state index contributed by atoms with van der Waals surface area (Å²) in [6.45, 7) is 1.80. The predicted octanol–water partition coefficient (Wildman–Crippen LogP) is 4.18. The molecular formula is C16H14ClFO. The van der Waals surface area contributed by atoms with Crippen LogP contribution in [0, 0.1) is 5.82 Å². The third kappa shape index (κ3) is 3.21. The number of carbonyl (C=O) groups is 1. The molecule has 0 spiro atoms. The highest BCUT2D eigenvalue weighted by Crippen LogP contribution is 2.27. The highest BCUT2D eigenvalue weighted by Gasteiger charge is 2.27. The molecule has 0 saturated carbocycles. The van der Waals surface area contributed by atoms with Crippen molar-refractivity contribution in [2.45, 2.75) is 18.8 Å². The summed E-state index contributed by atoms with van der Waals surface area (Å²) in [5, 5.41) is 0.630. The van der Waals surface area contributed by atoms with E-state index in [-0.39, 0.29) is 5.82 Å². The summed E-state index contributed by atoms with van der Waals surface area (Å²) in [5.74, 6) is -0.336. The average molecular weight is 277 g/mol. The largest absolute Gasteiger partial charge is 0.302 e. The minimum absolute atomic E-state index is 0.336. The summed E-state index contributed by atoms with van der Waals surface area (Å²) in [5.41, 5.74) is 0.862. The van der Waals surface area contributed by atoms with Gasteiger partial charge in [-0.25, -0.2) is 4.39 Å². The second kappa shape index (κ2) is 5.54. The monoisotopic (exact) mass is 276 g/mol. The predicted molar refractivity (Wildman–Crippen MR) is 75.0 cm³/mol. The van der Waals surface area contributed by atoms with Crippen LogP contribution in [0.25, 0.3) is 0 Å². The van der Waals surface area contributed by atoms with E-state index in [4.69, 9.17) is 11.6 Å². The van der Waals surface area contributed by atoms with Gasteiger partial charge in [-0.15, -0.1) is 0 Å². The van der Waals surface area contributed by atoms with Crippen molar-refractivity contribution in [1.82, 2.24) is 0 Å². The SMILES string of the molecule is CC(C=O)(Cc1cccc(Cl)c1)c1cccc(F)c1. The van der Waals surface area contributed by atoms with Crippen LogP contribution in [0.15, 0.2) is 48.5 Å². The maximum atomic E-state index is 13.3. The first-order chi connectivity index (χ1) is 9.03. The summed E-state index contributed by atoms with van der Waals surface area (Å²) in [4.78, 5) is 11.5. The Bertz CT molecular complexity index is 597. The zero-order chi connectivity index (χ0) is 13.9. The van der Waals surface area contributed by atoms with Gasteiger partial charge in [0.05, 0.1) is 5.41 Å².